The molecule has 0 aliphatic carbocycles. The number of alkyl halides is 1. The fraction of sp³-hybridized carbons (Fsp3) is 0.889. The Kier molecular flexibility index (Phi) is 4.40. The van der Waals surface area contributed by atoms with Crippen LogP contribution < -0.4 is 0 Å². The molecule has 0 aromatic rings. The lowest BCUT2D eigenvalue weighted by Gasteiger charge is -2.33. The van der Waals surface area contributed by atoms with Crippen LogP contribution in [0.5, 0.6) is 0 Å². The van der Waals surface area contributed by atoms with E-state index in [4.69, 9.17) is 11.6 Å². The first-order valence-electron chi connectivity index (χ1n) is 5.02. The molecule has 1 unspecified atom stereocenters. The predicted octanol–water partition coefficient (Wildman–Crippen LogP) is 0.651. The van der Waals surface area contributed by atoms with E-state index >= 15 is 0 Å². The predicted molar refractivity (Wildman–Crippen MR) is 59.8 cm³/mol. The summed E-state index contributed by atoms with van der Waals surface area (Å²) in [6.45, 7) is 2.10. The number of carbonyl (C=O) groups is 1. The first-order valence-corrected chi connectivity index (χ1v) is 7.38. The van der Waals surface area contributed by atoms with Crippen LogP contribution >= 0.6 is 11.6 Å². The highest BCUT2D eigenvalue weighted by Crippen LogP contribution is 2.13. The topological polar surface area (TPSA) is 54.5 Å². The second-order valence-electron chi connectivity index (χ2n) is 3.84. The van der Waals surface area contributed by atoms with Gasteiger partial charge in [0, 0.05) is 24.9 Å². The molecule has 0 saturated carbocycles. The van der Waals surface area contributed by atoms with Gasteiger partial charge in [-0.2, -0.15) is 0 Å². The van der Waals surface area contributed by atoms with Gasteiger partial charge in [-0.25, -0.2) is 8.42 Å². The molecule has 1 aliphatic heterocycles. The molecular formula is C9H16ClNO3S. The molecule has 0 N–H and O–H groups in total. The van der Waals surface area contributed by atoms with Crippen LogP contribution in [0.25, 0.3) is 0 Å². The van der Waals surface area contributed by atoms with E-state index in [2.05, 4.69) is 0 Å². The summed E-state index contributed by atoms with van der Waals surface area (Å²) in [6, 6.07) is -0.202. The molecule has 1 atom stereocenters. The van der Waals surface area contributed by atoms with Crippen molar-refractivity contribution in [3.8, 4) is 0 Å². The summed E-state index contributed by atoms with van der Waals surface area (Å²) in [5, 5.41) is 0. The third kappa shape index (κ3) is 3.65. The molecule has 1 saturated heterocycles. The van der Waals surface area contributed by atoms with Gasteiger partial charge in [0.15, 0.2) is 9.84 Å². The highest BCUT2D eigenvalue weighted by molar-refractivity contribution is 7.91. The molecule has 4 nitrogen and oxygen atoms in total. The molecule has 1 amide bonds. The normalized spacial score (nSPS) is 25.2. The average Bonchev–Trinajstić information content (AvgIpc) is 2.12. The minimum atomic E-state index is -2.94. The number of carbonyl (C=O) groups excluding carboxylic acids is 1. The van der Waals surface area contributed by atoms with Crippen molar-refractivity contribution in [2.45, 2.75) is 25.8 Å². The number of amides is 1. The maximum atomic E-state index is 11.7. The summed E-state index contributed by atoms with van der Waals surface area (Å²) in [4.78, 5) is 13.3. The van der Waals surface area contributed by atoms with Crippen molar-refractivity contribution in [1.29, 1.82) is 0 Å². The Morgan fingerprint density at radius 3 is 2.73 bits per heavy atom. The Hall–Kier alpha value is -0.290. The average molecular weight is 254 g/mol. The second kappa shape index (κ2) is 5.16. The minimum absolute atomic E-state index is 0.0121. The third-order valence-corrected chi connectivity index (χ3v) is 4.58. The number of rotatable bonds is 3. The SMILES string of the molecule is CC1CS(=O)(=O)CCN1C(=O)CCCCl. The van der Waals surface area contributed by atoms with Crippen molar-refractivity contribution in [2.24, 2.45) is 0 Å². The second-order valence-corrected chi connectivity index (χ2v) is 6.45. The fourth-order valence-electron chi connectivity index (χ4n) is 1.73. The van der Waals surface area contributed by atoms with Crippen LogP contribution in [0, 0.1) is 0 Å². The van der Waals surface area contributed by atoms with Gasteiger partial charge in [-0.15, -0.1) is 11.6 Å². The summed E-state index contributed by atoms with van der Waals surface area (Å²) in [6.07, 6.45) is 1.06. The molecule has 1 aliphatic rings. The Morgan fingerprint density at radius 2 is 2.20 bits per heavy atom. The lowest BCUT2D eigenvalue weighted by atomic mass is 10.2. The van der Waals surface area contributed by atoms with E-state index < -0.39 is 9.84 Å². The van der Waals surface area contributed by atoms with Crippen molar-refractivity contribution in [1.82, 2.24) is 4.90 Å². The summed E-state index contributed by atoms with van der Waals surface area (Å²) in [7, 11) is -2.94. The standard InChI is InChI=1S/C9H16ClNO3S/c1-8-7-15(13,14)6-5-11(8)9(12)3-2-4-10/h8H,2-7H2,1H3. The van der Waals surface area contributed by atoms with Crippen LogP contribution in [-0.2, 0) is 14.6 Å². The van der Waals surface area contributed by atoms with Crippen LogP contribution in [0.4, 0.5) is 0 Å². The Labute approximate surface area is 95.5 Å². The van der Waals surface area contributed by atoms with Gasteiger partial charge in [0.05, 0.1) is 11.5 Å². The maximum Gasteiger partial charge on any atom is 0.222 e. The number of halogens is 1. The summed E-state index contributed by atoms with van der Waals surface area (Å²) < 4.78 is 22.6. The van der Waals surface area contributed by atoms with Crippen LogP contribution in [0.15, 0.2) is 0 Å². The molecular weight excluding hydrogens is 238 g/mol. The van der Waals surface area contributed by atoms with Gasteiger partial charge in [0.25, 0.3) is 0 Å². The van der Waals surface area contributed by atoms with Crippen molar-refractivity contribution < 1.29 is 13.2 Å². The van der Waals surface area contributed by atoms with Gasteiger partial charge in [-0.1, -0.05) is 0 Å². The van der Waals surface area contributed by atoms with E-state index in [0.717, 1.165) is 0 Å². The number of nitrogens with zero attached hydrogens (tertiary/aromatic N) is 1. The monoisotopic (exact) mass is 253 g/mol. The van der Waals surface area contributed by atoms with Gasteiger partial charge in [-0.05, 0) is 13.3 Å². The van der Waals surface area contributed by atoms with Gasteiger partial charge in [0.1, 0.15) is 0 Å². The Morgan fingerprint density at radius 1 is 1.53 bits per heavy atom. The quantitative estimate of drug-likeness (QED) is 0.694. The molecule has 0 spiro atoms. The first kappa shape index (κ1) is 12.8. The van der Waals surface area contributed by atoms with E-state index in [-0.39, 0.29) is 23.5 Å². The number of hydrogen-bond acceptors (Lipinski definition) is 3. The van der Waals surface area contributed by atoms with E-state index in [1.165, 1.54) is 0 Å². The molecule has 0 aromatic carbocycles. The van der Waals surface area contributed by atoms with E-state index in [1.54, 1.807) is 11.8 Å². The van der Waals surface area contributed by atoms with Crippen LogP contribution in [0.1, 0.15) is 19.8 Å². The van der Waals surface area contributed by atoms with Gasteiger partial charge in [-0.3, -0.25) is 4.79 Å². The van der Waals surface area contributed by atoms with E-state index in [1.807, 2.05) is 0 Å². The zero-order chi connectivity index (χ0) is 11.5. The smallest absolute Gasteiger partial charge is 0.222 e. The number of sulfone groups is 1. The van der Waals surface area contributed by atoms with Crippen LogP contribution in [0.2, 0.25) is 0 Å². The van der Waals surface area contributed by atoms with Gasteiger partial charge in [0.2, 0.25) is 5.91 Å². The Balaban J connectivity index is 2.54. The maximum absolute atomic E-state index is 11.7. The van der Waals surface area contributed by atoms with E-state index in [0.29, 0.717) is 25.3 Å². The zero-order valence-electron chi connectivity index (χ0n) is 8.78. The molecule has 1 heterocycles. The first-order chi connectivity index (χ1) is 6.96. The highest BCUT2D eigenvalue weighted by atomic mass is 35.5. The summed E-state index contributed by atoms with van der Waals surface area (Å²) in [5.41, 5.74) is 0. The summed E-state index contributed by atoms with van der Waals surface area (Å²) in [5.74, 6) is 0.647. The van der Waals surface area contributed by atoms with Gasteiger partial charge >= 0.3 is 0 Å². The van der Waals surface area contributed by atoms with Crippen molar-refractivity contribution in [2.75, 3.05) is 23.9 Å². The van der Waals surface area contributed by atoms with Gasteiger partial charge < -0.3 is 4.90 Å². The Bertz CT molecular complexity index is 328. The van der Waals surface area contributed by atoms with Crippen molar-refractivity contribution >= 4 is 27.3 Å². The molecule has 0 aromatic heterocycles. The third-order valence-electron chi connectivity index (χ3n) is 2.52. The van der Waals surface area contributed by atoms with Crippen LogP contribution in [-0.4, -0.2) is 49.2 Å². The lowest BCUT2D eigenvalue weighted by Crippen LogP contribution is -2.49. The molecule has 1 fully saturated rings. The van der Waals surface area contributed by atoms with E-state index in [9.17, 15) is 13.2 Å². The zero-order valence-corrected chi connectivity index (χ0v) is 10.4. The fourth-order valence-corrected chi connectivity index (χ4v) is 3.42. The molecule has 0 bridgehead atoms. The minimum Gasteiger partial charge on any atom is -0.338 e. The molecule has 1 rings (SSSR count). The molecule has 6 heteroatoms. The van der Waals surface area contributed by atoms with Crippen molar-refractivity contribution in [3.05, 3.63) is 0 Å². The highest BCUT2D eigenvalue weighted by Gasteiger charge is 2.30. The lowest BCUT2D eigenvalue weighted by molar-refractivity contribution is -0.132. The van der Waals surface area contributed by atoms with Crippen molar-refractivity contribution in [3.63, 3.8) is 0 Å². The van der Waals surface area contributed by atoms with Crippen LogP contribution in [0.3, 0.4) is 0 Å². The molecule has 15 heavy (non-hydrogen) atoms. The summed E-state index contributed by atoms with van der Waals surface area (Å²) >= 11 is 5.50. The number of hydrogen-bond donors (Lipinski definition) is 0. The molecule has 88 valence electrons. The molecule has 0 radical (unpaired) electrons. The largest absolute Gasteiger partial charge is 0.338 e.